The number of ether oxygens (including phenoxy) is 2. The van der Waals surface area contributed by atoms with Crippen LogP contribution in [0.5, 0.6) is 11.5 Å². The summed E-state index contributed by atoms with van der Waals surface area (Å²) in [6.45, 7) is 4.39. The van der Waals surface area contributed by atoms with Gasteiger partial charge < -0.3 is 19.3 Å². The Balaban J connectivity index is 1.66. The lowest BCUT2D eigenvalue weighted by molar-refractivity contribution is -0.133. The summed E-state index contributed by atoms with van der Waals surface area (Å²) in [5, 5.41) is 0. The monoisotopic (exact) mass is 347 g/mol. The van der Waals surface area contributed by atoms with Crippen molar-refractivity contribution in [2.24, 2.45) is 0 Å². The predicted octanol–water partition coefficient (Wildman–Crippen LogP) is 1.44. The lowest BCUT2D eigenvalue weighted by atomic mass is 10.1. The molecule has 0 saturated carbocycles. The Morgan fingerprint density at radius 2 is 2.20 bits per heavy atom. The van der Waals surface area contributed by atoms with Crippen LogP contribution in [0.4, 0.5) is 0 Å². The zero-order valence-corrected chi connectivity index (χ0v) is 15.5. The molecule has 6 heteroatoms. The number of fused-ring (bicyclic) bond motifs is 1. The minimum atomic E-state index is 0.204. The maximum absolute atomic E-state index is 12.9. The molecule has 0 N–H and O–H groups in total. The molecule has 3 rings (SSSR count). The zero-order valence-electron chi connectivity index (χ0n) is 15.5. The molecule has 1 atom stereocenters. The van der Waals surface area contributed by atoms with Crippen molar-refractivity contribution in [3.05, 3.63) is 23.8 Å². The molecule has 0 radical (unpaired) electrons. The molecule has 0 unspecified atom stereocenters. The van der Waals surface area contributed by atoms with E-state index in [1.807, 2.05) is 23.1 Å². The molecular weight excluding hydrogens is 318 g/mol. The van der Waals surface area contributed by atoms with E-state index in [4.69, 9.17) is 9.47 Å². The van der Waals surface area contributed by atoms with Gasteiger partial charge in [0.05, 0.1) is 20.3 Å². The minimum absolute atomic E-state index is 0.204. The van der Waals surface area contributed by atoms with Crippen molar-refractivity contribution in [3.63, 3.8) is 0 Å². The Morgan fingerprint density at radius 3 is 2.92 bits per heavy atom. The molecule has 138 valence electrons. The summed E-state index contributed by atoms with van der Waals surface area (Å²) < 4.78 is 11.3. The highest BCUT2D eigenvalue weighted by molar-refractivity contribution is 5.78. The first kappa shape index (κ1) is 18.0. The van der Waals surface area contributed by atoms with Gasteiger partial charge in [-0.2, -0.15) is 0 Å². The highest BCUT2D eigenvalue weighted by atomic mass is 16.5. The summed E-state index contributed by atoms with van der Waals surface area (Å²) >= 11 is 0. The van der Waals surface area contributed by atoms with Crippen molar-refractivity contribution in [1.29, 1.82) is 0 Å². The van der Waals surface area contributed by atoms with Crippen LogP contribution in [0.15, 0.2) is 18.2 Å². The number of hydrogen-bond acceptors (Lipinski definition) is 5. The molecular formula is C19H29N3O3. The van der Waals surface area contributed by atoms with E-state index in [0.29, 0.717) is 25.7 Å². The fourth-order valence-corrected chi connectivity index (χ4v) is 3.61. The van der Waals surface area contributed by atoms with E-state index in [1.54, 1.807) is 7.11 Å². The topological polar surface area (TPSA) is 45.3 Å². The third-order valence-electron chi connectivity index (χ3n) is 5.15. The molecule has 1 fully saturated rings. The van der Waals surface area contributed by atoms with Crippen molar-refractivity contribution in [3.8, 4) is 11.5 Å². The molecule has 1 aromatic rings. The van der Waals surface area contributed by atoms with Gasteiger partial charge in [-0.1, -0.05) is 12.1 Å². The van der Waals surface area contributed by atoms with Crippen LogP contribution in [0.25, 0.3) is 0 Å². The van der Waals surface area contributed by atoms with Crippen LogP contribution in [0.2, 0.25) is 0 Å². The number of methoxy groups -OCH3 is 1. The highest BCUT2D eigenvalue weighted by Crippen LogP contribution is 2.33. The number of benzene rings is 1. The van der Waals surface area contributed by atoms with Crippen LogP contribution in [0, 0.1) is 0 Å². The lowest BCUT2D eigenvalue weighted by Gasteiger charge is -2.29. The first-order valence-electron chi connectivity index (χ1n) is 9.03. The standard InChI is InChI=1S/C19H29N3O3/c1-20(2)16-8-10-21(13-16)14-18(23)22-9-5-11-25-19-15(12-22)6-4-7-17(19)24-3/h4,6-7,16H,5,8-14H2,1-3H3/t16-/m1/s1. The number of carbonyl (C=O) groups excluding carboxylic acids is 1. The maximum Gasteiger partial charge on any atom is 0.237 e. The number of likely N-dealkylation sites (N-methyl/N-ethyl adjacent to an activating group) is 1. The summed E-state index contributed by atoms with van der Waals surface area (Å²) in [5.74, 6) is 1.71. The molecule has 6 nitrogen and oxygen atoms in total. The Kier molecular flexibility index (Phi) is 5.81. The minimum Gasteiger partial charge on any atom is -0.493 e. The maximum atomic E-state index is 12.9. The second-order valence-corrected chi connectivity index (χ2v) is 7.11. The molecule has 1 amide bonds. The van der Waals surface area contributed by atoms with E-state index in [9.17, 15) is 4.79 Å². The Morgan fingerprint density at radius 1 is 1.36 bits per heavy atom. The molecule has 0 spiro atoms. The average molecular weight is 347 g/mol. The number of amides is 1. The van der Waals surface area contributed by atoms with Crippen molar-refractivity contribution >= 4 is 5.91 Å². The van der Waals surface area contributed by atoms with E-state index < -0.39 is 0 Å². The van der Waals surface area contributed by atoms with E-state index in [1.165, 1.54) is 0 Å². The second-order valence-electron chi connectivity index (χ2n) is 7.11. The Labute approximate surface area is 150 Å². The number of hydrogen-bond donors (Lipinski definition) is 0. The number of carbonyl (C=O) groups is 1. The number of rotatable bonds is 4. The smallest absolute Gasteiger partial charge is 0.237 e. The largest absolute Gasteiger partial charge is 0.493 e. The Hall–Kier alpha value is -1.79. The van der Waals surface area contributed by atoms with Gasteiger partial charge in [-0.3, -0.25) is 9.69 Å². The molecule has 2 aliphatic heterocycles. The highest BCUT2D eigenvalue weighted by Gasteiger charge is 2.27. The third kappa shape index (κ3) is 4.25. The van der Waals surface area contributed by atoms with Crippen LogP contribution in [0.1, 0.15) is 18.4 Å². The van der Waals surface area contributed by atoms with Crippen LogP contribution in [0.3, 0.4) is 0 Å². The van der Waals surface area contributed by atoms with Crippen LogP contribution >= 0.6 is 0 Å². The molecule has 0 aliphatic carbocycles. The number of nitrogens with zero attached hydrogens (tertiary/aromatic N) is 3. The lowest BCUT2D eigenvalue weighted by Crippen LogP contribution is -2.41. The first-order valence-corrected chi connectivity index (χ1v) is 9.03. The SMILES string of the molecule is COc1cccc2c1OCCCN(C(=O)CN1CC[C@@H](N(C)C)C1)C2. The van der Waals surface area contributed by atoms with Gasteiger partial charge >= 0.3 is 0 Å². The summed E-state index contributed by atoms with van der Waals surface area (Å²) in [6, 6.07) is 6.42. The van der Waals surface area contributed by atoms with Gasteiger partial charge in [-0.05, 0) is 33.0 Å². The fourth-order valence-electron chi connectivity index (χ4n) is 3.61. The molecule has 25 heavy (non-hydrogen) atoms. The third-order valence-corrected chi connectivity index (χ3v) is 5.15. The van der Waals surface area contributed by atoms with Crippen molar-refractivity contribution in [2.75, 3.05) is 54.0 Å². The van der Waals surface area contributed by atoms with Crippen molar-refractivity contribution in [2.45, 2.75) is 25.4 Å². The van der Waals surface area contributed by atoms with Crippen LogP contribution in [-0.4, -0.2) is 80.6 Å². The first-order chi connectivity index (χ1) is 12.1. The van der Waals surface area contributed by atoms with E-state index >= 15 is 0 Å². The van der Waals surface area contributed by atoms with Crippen molar-refractivity contribution < 1.29 is 14.3 Å². The predicted molar refractivity (Wildman–Crippen MR) is 97.1 cm³/mol. The summed E-state index contributed by atoms with van der Waals surface area (Å²) in [7, 11) is 5.87. The molecule has 0 aromatic heterocycles. The van der Waals surface area contributed by atoms with Gasteiger partial charge in [-0.25, -0.2) is 0 Å². The van der Waals surface area contributed by atoms with Crippen LogP contribution < -0.4 is 9.47 Å². The van der Waals surface area contributed by atoms with E-state index in [2.05, 4.69) is 23.9 Å². The molecule has 2 aliphatic rings. The fraction of sp³-hybridized carbons (Fsp3) is 0.632. The van der Waals surface area contributed by atoms with Gasteiger partial charge in [0, 0.05) is 37.8 Å². The molecule has 1 saturated heterocycles. The van der Waals surface area contributed by atoms with E-state index in [-0.39, 0.29) is 5.91 Å². The van der Waals surface area contributed by atoms with Gasteiger partial charge in [0.1, 0.15) is 0 Å². The summed E-state index contributed by atoms with van der Waals surface area (Å²) in [4.78, 5) is 19.3. The summed E-state index contributed by atoms with van der Waals surface area (Å²) in [5.41, 5.74) is 1.01. The van der Waals surface area contributed by atoms with E-state index in [0.717, 1.165) is 49.5 Å². The van der Waals surface area contributed by atoms with Gasteiger partial charge in [0.2, 0.25) is 5.91 Å². The Bertz CT molecular complexity index is 606. The molecule has 1 aromatic carbocycles. The van der Waals surface area contributed by atoms with Gasteiger partial charge in [-0.15, -0.1) is 0 Å². The average Bonchev–Trinajstić information content (AvgIpc) is 3.03. The van der Waals surface area contributed by atoms with Gasteiger partial charge in [0.15, 0.2) is 11.5 Å². The zero-order chi connectivity index (χ0) is 17.8. The van der Waals surface area contributed by atoms with Crippen molar-refractivity contribution in [1.82, 2.24) is 14.7 Å². The van der Waals surface area contributed by atoms with Gasteiger partial charge in [0.25, 0.3) is 0 Å². The second kappa shape index (κ2) is 8.06. The summed E-state index contributed by atoms with van der Waals surface area (Å²) in [6.07, 6.45) is 1.97. The molecule has 0 bridgehead atoms. The number of likely N-dealkylation sites (tertiary alicyclic amines) is 1. The number of para-hydroxylation sites is 1. The quantitative estimate of drug-likeness (QED) is 0.825. The molecule has 2 heterocycles. The normalized spacial score (nSPS) is 21.4. The van der Waals surface area contributed by atoms with Crippen LogP contribution in [-0.2, 0) is 11.3 Å².